The van der Waals surface area contributed by atoms with Gasteiger partial charge in [-0.2, -0.15) is 0 Å². The van der Waals surface area contributed by atoms with E-state index in [0.717, 1.165) is 0 Å². The van der Waals surface area contributed by atoms with E-state index in [2.05, 4.69) is 22.9 Å². The Kier molecular flexibility index (Phi) is 3.78. The van der Waals surface area contributed by atoms with Crippen molar-refractivity contribution in [1.82, 2.24) is 4.98 Å². The van der Waals surface area contributed by atoms with Crippen molar-refractivity contribution in [3.8, 4) is 0 Å². The smallest absolute Gasteiger partial charge is 0.0558 e. The molecule has 3 nitrogen and oxygen atoms in total. The summed E-state index contributed by atoms with van der Waals surface area (Å²) >= 11 is 0. The lowest BCUT2D eigenvalue weighted by atomic mass is 10.1. The molecule has 0 amide bonds. The molecular formula is C13H21N3. The Balaban J connectivity index is 2.20. The monoisotopic (exact) mass is 219 g/mol. The SMILES string of the molecule is CC(CN)N(c1cccnc1)C1CCCC1. The number of rotatable bonds is 4. The Morgan fingerprint density at radius 3 is 2.81 bits per heavy atom. The van der Waals surface area contributed by atoms with Crippen molar-refractivity contribution in [2.45, 2.75) is 44.7 Å². The molecule has 1 unspecified atom stereocenters. The number of hydrogen-bond donors (Lipinski definition) is 1. The summed E-state index contributed by atoms with van der Waals surface area (Å²) in [6.07, 6.45) is 9.05. The topological polar surface area (TPSA) is 42.1 Å². The van der Waals surface area contributed by atoms with Gasteiger partial charge in [-0.3, -0.25) is 4.98 Å². The van der Waals surface area contributed by atoms with Gasteiger partial charge in [0.1, 0.15) is 0 Å². The first-order valence-electron chi connectivity index (χ1n) is 6.21. The summed E-state index contributed by atoms with van der Waals surface area (Å²) in [6.45, 7) is 2.90. The van der Waals surface area contributed by atoms with Crippen LogP contribution in [0, 0.1) is 0 Å². The van der Waals surface area contributed by atoms with Gasteiger partial charge >= 0.3 is 0 Å². The fourth-order valence-electron chi connectivity index (χ4n) is 2.63. The van der Waals surface area contributed by atoms with Crippen LogP contribution < -0.4 is 10.6 Å². The predicted molar refractivity (Wildman–Crippen MR) is 67.5 cm³/mol. The second-order valence-corrected chi connectivity index (χ2v) is 4.64. The van der Waals surface area contributed by atoms with Crippen molar-refractivity contribution in [2.24, 2.45) is 5.73 Å². The van der Waals surface area contributed by atoms with Crippen LogP contribution in [0.25, 0.3) is 0 Å². The molecule has 0 aromatic carbocycles. The number of hydrogen-bond acceptors (Lipinski definition) is 3. The number of pyridine rings is 1. The maximum absolute atomic E-state index is 5.82. The van der Waals surface area contributed by atoms with E-state index in [1.165, 1.54) is 31.4 Å². The van der Waals surface area contributed by atoms with Crippen LogP contribution in [-0.4, -0.2) is 23.6 Å². The van der Waals surface area contributed by atoms with E-state index < -0.39 is 0 Å². The number of nitrogens with two attached hydrogens (primary N) is 1. The lowest BCUT2D eigenvalue weighted by Gasteiger charge is -2.36. The zero-order valence-electron chi connectivity index (χ0n) is 9.97. The highest BCUT2D eigenvalue weighted by Gasteiger charge is 2.26. The Labute approximate surface area is 97.7 Å². The molecular weight excluding hydrogens is 198 g/mol. The molecule has 1 heterocycles. The van der Waals surface area contributed by atoms with Gasteiger partial charge in [-0.1, -0.05) is 12.8 Å². The molecule has 0 aliphatic heterocycles. The van der Waals surface area contributed by atoms with Crippen molar-refractivity contribution in [3.05, 3.63) is 24.5 Å². The molecule has 88 valence electrons. The van der Waals surface area contributed by atoms with Crippen LogP contribution in [0.4, 0.5) is 5.69 Å². The van der Waals surface area contributed by atoms with Crippen molar-refractivity contribution >= 4 is 5.69 Å². The molecule has 0 spiro atoms. The molecule has 1 atom stereocenters. The van der Waals surface area contributed by atoms with E-state index in [1.807, 2.05) is 18.5 Å². The average molecular weight is 219 g/mol. The second-order valence-electron chi connectivity index (χ2n) is 4.64. The third-order valence-electron chi connectivity index (χ3n) is 3.48. The molecule has 16 heavy (non-hydrogen) atoms. The van der Waals surface area contributed by atoms with Crippen molar-refractivity contribution in [1.29, 1.82) is 0 Å². The van der Waals surface area contributed by atoms with Crippen molar-refractivity contribution < 1.29 is 0 Å². The molecule has 2 rings (SSSR count). The quantitative estimate of drug-likeness (QED) is 0.844. The van der Waals surface area contributed by atoms with E-state index in [0.29, 0.717) is 18.6 Å². The summed E-state index contributed by atoms with van der Waals surface area (Å²) < 4.78 is 0. The van der Waals surface area contributed by atoms with Crippen LogP contribution >= 0.6 is 0 Å². The van der Waals surface area contributed by atoms with E-state index in [1.54, 1.807) is 0 Å². The van der Waals surface area contributed by atoms with Gasteiger partial charge in [-0.05, 0) is 31.9 Å². The Hall–Kier alpha value is -1.09. The minimum atomic E-state index is 0.396. The second kappa shape index (κ2) is 5.30. The molecule has 1 aliphatic rings. The number of nitrogens with zero attached hydrogens (tertiary/aromatic N) is 2. The maximum Gasteiger partial charge on any atom is 0.0558 e. The van der Waals surface area contributed by atoms with Gasteiger partial charge in [0, 0.05) is 24.8 Å². The van der Waals surface area contributed by atoms with Crippen LogP contribution in [0.2, 0.25) is 0 Å². The highest BCUT2D eigenvalue weighted by molar-refractivity contribution is 5.46. The summed E-state index contributed by atoms with van der Waals surface area (Å²) in [5.74, 6) is 0. The summed E-state index contributed by atoms with van der Waals surface area (Å²) in [5.41, 5.74) is 7.03. The van der Waals surface area contributed by atoms with Gasteiger partial charge in [-0.25, -0.2) is 0 Å². The largest absolute Gasteiger partial charge is 0.363 e. The van der Waals surface area contributed by atoms with Crippen LogP contribution in [0.3, 0.4) is 0 Å². The minimum Gasteiger partial charge on any atom is -0.363 e. The molecule has 2 N–H and O–H groups in total. The maximum atomic E-state index is 5.82. The molecule has 1 fully saturated rings. The molecule has 0 radical (unpaired) electrons. The van der Waals surface area contributed by atoms with E-state index in [-0.39, 0.29) is 0 Å². The zero-order chi connectivity index (χ0) is 11.4. The van der Waals surface area contributed by atoms with Gasteiger partial charge in [0.25, 0.3) is 0 Å². The molecule has 0 saturated heterocycles. The molecule has 1 saturated carbocycles. The summed E-state index contributed by atoms with van der Waals surface area (Å²) in [7, 11) is 0. The minimum absolute atomic E-state index is 0.396. The summed E-state index contributed by atoms with van der Waals surface area (Å²) in [6, 6.07) is 5.19. The molecule has 1 aliphatic carbocycles. The van der Waals surface area contributed by atoms with Crippen molar-refractivity contribution in [2.75, 3.05) is 11.4 Å². The first-order valence-corrected chi connectivity index (χ1v) is 6.21. The summed E-state index contributed by atoms with van der Waals surface area (Å²) in [4.78, 5) is 6.67. The fraction of sp³-hybridized carbons (Fsp3) is 0.615. The van der Waals surface area contributed by atoms with Crippen molar-refractivity contribution in [3.63, 3.8) is 0 Å². The number of anilines is 1. The molecule has 1 aromatic rings. The zero-order valence-corrected chi connectivity index (χ0v) is 9.97. The fourth-order valence-corrected chi connectivity index (χ4v) is 2.63. The first kappa shape index (κ1) is 11.4. The Morgan fingerprint density at radius 1 is 1.50 bits per heavy atom. The van der Waals surface area contributed by atoms with Gasteiger partial charge in [0.2, 0.25) is 0 Å². The summed E-state index contributed by atoms with van der Waals surface area (Å²) in [5, 5.41) is 0. The van der Waals surface area contributed by atoms with E-state index in [9.17, 15) is 0 Å². The van der Waals surface area contributed by atoms with Crippen LogP contribution in [0.15, 0.2) is 24.5 Å². The van der Waals surface area contributed by atoms with Crippen LogP contribution in [0.1, 0.15) is 32.6 Å². The van der Waals surface area contributed by atoms with Crippen LogP contribution in [-0.2, 0) is 0 Å². The molecule has 1 aromatic heterocycles. The Morgan fingerprint density at radius 2 is 2.25 bits per heavy atom. The molecule has 0 bridgehead atoms. The third-order valence-corrected chi connectivity index (χ3v) is 3.48. The highest BCUT2D eigenvalue weighted by Crippen LogP contribution is 2.29. The average Bonchev–Trinajstić information content (AvgIpc) is 2.84. The van der Waals surface area contributed by atoms with Gasteiger partial charge in [0.15, 0.2) is 0 Å². The van der Waals surface area contributed by atoms with Gasteiger partial charge < -0.3 is 10.6 Å². The number of aromatic nitrogens is 1. The first-order chi connectivity index (χ1) is 7.83. The normalized spacial score (nSPS) is 18.6. The highest BCUT2D eigenvalue weighted by atomic mass is 15.2. The van der Waals surface area contributed by atoms with Gasteiger partial charge in [0.05, 0.1) is 11.9 Å². The third kappa shape index (κ3) is 2.35. The van der Waals surface area contributed by atoms with E-state index >= 15 is 0 Å². The van der Waals surface area contributed by atoms with Crippen LogP contribution in [0.5, 0.6) is 0 Å². The lowest BCUT2D eigenvalue weighted by Crippen LogP contribution is -2.44. The van der Waals surface area contributed by atoms with Gasteiger partial charge in [-0.15, -0.1) is 0 Å². The standard InChI is InChI=1S/C13H21N3/c1-11(9-14)16(12-5-2-3-6-12)13-7-4-8-15-10-13/h4,7-8,10-12H,2-3,5-6,9,14H2,1H3. The Bertz CT molecular complexity index is 306. The van der Waals surface area contributed by atoms with E-state index in [4.69, 9.17) is 5.73 Å². The predicted octanol–water partition coefficient (Wildman–Crippen LogP) is 2.18. The molecule has 3 heteroatoms. The lowest BCUT2D eigenvalue weighted by molar-refractivity contribution is 0.534.